The quantitative estimate of drug-likeness (QED) is 0.530. The molecule has 0 spiro atoms. The van der Waals surface area contributed by atoms with Gasteiger partial charge in [-0.1, -0.05) is 0 Å². The van der Waals surface area contributed by atoms with Crippen LogP contribution in [0.5, 0.6) is 0 Å². The Hall–Kier alpha value is -2.56. The Labute approximate surface area is 152 Å². The van der Waals surface area contributed by atoms with Crippen LogP contribution in [0.4, 0.5) is 0 Å². The van der Waals surface area contributed by atoms with Gasteiger partial charge in [-0.25, -0.2) is 9.59 Å². The fourth-order valence-corrected chi connectivity index (χ4v) is 5.22. The first-order valence-corrected chi connectivity index (χ1v) is 8.45. The molecule has 0 aromatic carbocycles. The molecule has 0 amide bonds. The lowest BCUT2D eigenvalue weighted by Crippen LogP contribution is -2.38. The molecule has 26 heavy (non-hydrogen) atoms. The van der Waals surface area contributed by atoms with Crippen LogP contribution in [0.1, 0.15) is 37.2 Å². The van der Waals surface area contributed by atoms with E-state index in [-0.39, 0.29) is 11.3 Å². The van der Waals surface area contributed by atoms with E-state index in [9.17, 15) is 19.2 Å². The highest BCUT2D eigenvalue weighted by Gasteiger charge is 2.61. The molecule has 0 unspecified atom stereocenters. The molecule has 2 aliphatic heterocycles. The lowest BCUT2D eigenvalue weighted by atomic mass is 9.84. The highest BCUT2D eigenvalue weighted by atomic mass is 32.2. The molecule has 3 rings (SSSR count). The topological polar surface area (TPSA) is 123 Å². The maximum Gasteiger partial charge on any atom is 0.359 e. The molecular formula is C15H16N2O8S. The van der Waals surface area contributed by atoms with Gasteiger partial charge in [-0.15, -0.1) is 11.8 Å². The van der Waals surface area contributed by atoms with Gasteiger partial charge in [-0.3, -0.25) is 14.3 Å². The summed E-state index contributed by atoms with van der Waals surface area (Å²) in [5, 5.41) is 2.93. The normalized spacial score (nSPS) is 25.4. The van der Waals surface area contributed by atoms with E-state index in [1.54, 1.807) is 0 Å². The largest absolute Gasteiger partial charge is 0.469 e. The van der Waals surface area contributed by atoms with Crippen molar-refractivity contribution in [2.75, 3.05) is 28.4 Å². The maximum absolute atomic E-state index is 12.3. The number of carbonyl (C=O) groups is 4. The van der Waals surface area contributed by atoms with Crippen LogP contribution in [-0.4, -0.2) is 62.1 Å². The molecule has 1 aromatic rings. The molecule has 1 aromatic heterocycles. The highest BCUT2D eigenvalue weighted by molar-refractivity contribution is 8.00. The third-order valence-electron chi connectivity index (χ3n) is 4.48. The predicted molar refractivity (Wildman–Crippen MR) is 85.3 cm³/mol. The van der Waals surface area contributed by atoms with Crippen molar-refractivity contribution in [3.63, 3.8) is 0 Å². The first kappa shape index (κ1) is 18.2. The Bertz CT molecular complexity index is 804. The summed E-state index contributed by atoms with van der Waals surface area (Å²) >= 11 is 1.28. The van der Waals surface area contributed by atoms with E-state index in [1.807, 2.05) is 0 Å². The third kappa shape index (κ3) is 2.37. The minimum atomic E-state index is -0.874. The summed E-state index contributed by atoms with van der Waals surface area (Å²) in [5.41, 5.74) is 0.0400. The first-order valence-electron chi connectivity index (χ1n) is 7.51. The van der Waals surface area contributed by atoms with E-state index in [2.05, 4.69) is 9.84 Å². The lowest BCUT2D eigenvalue weighted by molar-refractivity contribution is -0.158. The minimum absolute atomic E-state index is 0.0726. The average Bonchev–Trinajstić information content (AvgIpc) is 3.33. The van der Waals surface area contributed by atoms with E-state index in [1.165, 1.54) is 37.8 Å². The minimum Gasteiger partial charge on any atom is -0.469 e. The number of carbonyl (C=O) groups excluding carboxylic acids is 4. The van der Waals surface area contributed by atoms with Crippen molar-refractivity contribution in [2.24, 2.45) is 11.8 Å². The SMILES string of the molecule is COC(=O)c1nn2c(c1C(=O)OC)[C@@H]1S[C@H]2[C@H](C(=O)OC)[C@@H]1C(=O)OC. The van der Waals surface area contributed by atoms with Crippen molar-refractivity contribution < 1.29 is 38.1 Å². The van der Waals surface area contributed by atoms with Crippen LogP contribution in [0.25, 0.3) is 0 Å². The van der Waals surface area contributed by atoms with Crippen LogP contribution in [0.2, 0.25) is 0 Å². The van der Waals surface area contributed by atoms with Crippen LogP contribution in [0.15, 0.2) is 0 Å². The van der Waals surface area contributed by atoms with Crippen molar-refractivity contribution in [2.45, 2.75) is 10.6 Å². The summed E-state index contributed by atoms with van der Waals surface area (Å²) in [6.07, 6.45) is 0. The van der Waals surface area contributed by atoms with Crippen molar-refractivity contribution in [3.05, 3.63) is 17.0 Å². The summed E-state index contributed by atoms with van der Waals surface area (Å²) in [5.74, 6) is -4.53. The first-order chi connectivity index (χ1) is 12.4. The second kappa shape index (κ2) is 6.63. The number of hydrogen-bond donors (Lipinski definition) is 0. The van der Waals surface area contributed by atoms with Gasteiger partial charge in [-0.2, -0.15) is 5.10 Å². The number of aromatic nitrogens is 2. The van der Waals surface area contributed by atoms with Crippen LogP contribution < -0.4 is 0 Å². The van der Waals surface area contributed by atoms with E-state index in [0.717, 1.165) is 7.11 Å². The summed E-state index contributed by atoms with van der Waals surface area (Å²) < 4.78 is 20.5. The zero-order chi connectivity index (χ0) is 19.2. The molecule has 1 saturated heterocycles. The van der Waals surface area contributed by atoms with Crippen LogP contribution >= 0.6 is 11.8 Å². The number of nitrogens with zero attached hydrogens (tertiary/aromatic N) is 2. The molecule has 4 atom stereocenters. The second-order valence-corrected chi connectivity index (χ2v) is 6.84. The monoisotopic (exact) mass is 384 g/mol. The van der Waals surface area contributed by atoms with Crippen molar-refractivity contribution in [3.8, 4) is 0 Å². The standard InChI is InChI=1S/C15H16N2O8S/c1-22-12(18)5-6(13(19)23-2)11-17-9(10(5)26-11)7(14(20)24-3)8(16-17)15(21)25-4/h5-6,10-11H,1-4H3/t5-,6+,10+,11-/m0/s1. The van der Waals surface area contributed by atoms with Crippen LogP contribution in [0.3, 0.4) is 0 Å². The molecule has 0 aliphatic carbocycles. The fraction of sp³-hybridized carbons (Fsp3) is 0.533. The van der Waals surface area contributed by atoms with E-state index in [4.69, 9.17) is 14.2 Å². The molecule has 10 nitrogen and oxygen atoms in total. The van der Waals surface area contributed by atoms with Gasteiger partial charge in [0.15, 0.2) is 5.69 Å². The van der Waals surface area contributed by atoms with Gasteiger partial charge in [0.2, 0.25) is 0 Å². The summed E-state index contributed by atoms with van der Waals surface area (Å²) in [6.45, 7) is 0. The average molecular weight is 384 g/mol. The summed E-state index contributed by atoms with van der Waals surface area (Å²) in [4.78, 5) is 48.9. The van der Waals surface area contributed by atoms with Gasteiger partial charge < -0.3 is 18.9 Å². The van der Waals surface area contributed by atoms with Gasteiger partial charge in [0.05, 0.1) is 45.3 Å². The number of fused-ring (bicyclic) bond motifs is 5. The Morgan fingerprint density at radius 3 is 2.00 bits per heavy atom. The molecular weight excluding hydrogens is 368 g/mol. The van der Waals surface area contributed by atoms with Crippen LogP contribution in [-0.2, 0) is 28.5 Å². The zero-order valence-corrected chi connectivity index (χ0v) is 15.2. The van der Waals surface area contributed by atoms with E-state index in [0.29, 0.717) is 5.69 Å². The Balaban J connectivity index is 2.19. The molecule has 0 N–H and O–H groups in total. The van der Waals surface area contributed by atoms with Crippen molar-refractivity contribution in [1.82, 2.24) is 9.78 Å². The Morgan fingerprint density at radius 2 is 1.46 bits per heavy atom. The fourth-order valence-electron chi connectivity index (χ4n) is 3.39. The molecule has 3 heterocycles. The molecule has 11 heteroatoms. The van der Waals surface area contributed by atoms with Gasteiger partial charge in [0.25, 0.3) is 0 Å². The molecule has 0 saturated carbocycles. The van der Waals surface area contributed by atoms with Gasteiger partial charge in [0.1, 0.15) is 16.9 Å². The molecule has 140 valence electrons. The van der Waals surface area contributed by atoms with Crippen molar-refractivity contribution in [1.29, 1.82) is 0 Å². The van der Waals surface area contributed by atoms with Gasteiger partial charge in [0, 0.05) is 0 Å². The molecule has 2 aliphatic rings. The van der Waals surface area contributed by atoms with E-state index < -0.39 is 46.3 Å². The van der Waals surface area contributed by atoms with Crippen molar-refractivity contribution >= 4 is 35.6 Å². The highest BCUT2D eigenvalue weighted by Crippen LogP contribution is 2.64. The van der Waals surface area contributed by atoms with Crippen LogP contribution in [0, 0.1) is 11.8 Å². The van der Waals surface area contributed by atoms with Gasteiger partial charge in [-0.05, 0) is 0 Å². The molecule has 1 fully saturated rings. The maximum atomic E-state index is 12.3. The molecule has 0 radical (unpaired) electrons. The number of thioether (sulfide) groups is 1. The number of esters is 4. The Kier molecular flexibility index (Phi) is 4.65. The molecule has 2 bridgehead atoms. The third-order valence-corrected chi connectivity index (χ3v) is 6.06. The zero-order valence-electron chi connectivity index (χ0n) is 14.4. The lowest BCUT2D eigenvalue weighted by Gasteiger charge is -2.26. The number of hydrogen-bond acceptors (Lipinski definition) is 10. The predicted octanol–water partition coefficient (Wildman–Crippen LogP) is 0.335. The summed E-state index contributed by atoms with van der Waals surface area (Å²) in [6, 6.07) is 0. The number of methoxy groups -OCH3 is 4. The second-order valence-electron chi connectivity index (χ2n) is 5.58. The summed E-state index contributed by atoms with van der Waals surface area (Å²) in [7, 11) is 4.76. The Morgan fingerprint density at radius 1 is 0.885 bits per heavy atom. The smallest absolute Gasteiger partial charge is 0.359 e. The van der Waals surface area contributed by atoms with Gasteiger partial charge >= 0.3 is 23.9 Å². The number of ether oxygens (including phenoxy) is 4. The van der Waals surface area contributed by atoms with E-state index >= 15 is 0 Å². The number of rotatable bonds is 4.